The molecule has 1 saturated heterocycles. The fourth-order valence-corrected chi connectivity index (χ4v) is 5.34. The molecule has 0 spiro atoms. The Balaban J connectivity index is 1.57. The van der Waals surface area contributed by atoms with Gasteiger partial charge in [-0.05, 0) is 53.8 Å². The van der Waals surface area contributed by atoms with Crippen molar-refractivity contribution in [2.24, 2.45) is 0 Å². The predicted octanol–water partition coefficient (Wildman–Crippen LogP) is 3.86. The Labute approximate surface area is 171 Å². The fourth-order valence-electron chi connectivity index (χ4n) is 3.80. The van der Waals surface area contributed by atoms with Crippen LogP contribution in [0, 0.1) is 6.92 Å². The van der Waals surface area contributed by atoms with Gasteiger partial charge >= 0.3 is 0 Å². The van der Waals surface area contributed by atoms with E-state index in [-0.39, 0.29) is 10.8 Å². The summed E-state index contributed by atoms with van der Waals surface area (Å²) in [5, 5.41) is 5.16. The molecular formula is C23H24N2O3S. The van der Waals surface area contributed by atoms with E-state index in [1.807, 2.05) is 49.4 Å². The van der Waals surface area contributed by atoms with E-state index in [9.17, 15) is 13.2 Å². The van der Waals surface area contributed by atoms with Gasteiger partial charge in [-0.15, -0.1) is 0 Å². The van der Waals surface area contributed by atoms with E-state index in [4.69, 9.17) is 0 Å². The number of hydrogen-bond acceptors (Lipinski definition) is 3. The van der Waals surface area contributed by atoms with Crippen LogP contribution in [-0.2, 0) is 16.6 Å². The second kappa shape index (κ2) is 7.97. The van der Waals surface area contributed by atoms with E-state index in [1.54, 1.807) is 12.1 Å². The van der Waals surface area contributed by atoms with Crippen LogP contribution in [0.3, 0.4) is 0 Å². The molecule has 1 amide bonds. The van der Waals surface area contributed by atoms with E-state index in [1.165, 1.54) is 10.4 Å². The molecule has 4 rings (SSSR count). The molecule has 1 heterocycles. The molecule has 1 aliphatic heterocycles. The largest absolute Gasteiger partial charge is 0.348 e. The van der Waals surface area contributed by atoms with Crippen molar-refractivity contribution in [2.45, 2.75) is 31.2 Å². The van der Waals surface area contributed by atoms with Gasteiger partial charge in [0.15, 0.2) is 0 Å². The lowest BCUT2D eigenvalue weighted by molar-refractivity contribution is 0.0950. The van der Waals surface area contributed by atoms with Crippen LogP contribution in [-0.4, -0.2) is 31.7 Å². The van der Waals surface area contributed by atoms with E-state index >= 15 is 0 Å². The Morgan fingerprint density at radius 3 is 2.52 bits per heavy atom. The summed E-state index contributed by atoms with van der Waals surface area (Å²) in [5.41, 5.74) is 2.17. The van der Waals surface area contributed by atoms with Crippen molar-refractivity contribution in [1.82, 2.24) is 9.62 Å². The molecule has 0 unspecified atom stereocenters. The van der Waals surface area contributed by atoms with Gasteiger partial charge in [-0.3, -0.25) is 4.79 Å². The van der Waals surface area contributed by atoms with Crippen molar-refractivity contribution in [2.75, 3.05) is 13.1 Å². The minimum absolute atomic E-state index is 0.181. The highest BCUT2D eigenvalue weighted by Crippen LogP contribution is 2.23. The number of nitrogens with zero attached hydrogens (tertiary/aromatic N) is 1. The molecule has 1 aliphatic rings. The average molecular weight is 409 g/mol. The molecule has 0 atom stereocenters. The SMILES string of the molecule is Cc1ccc(S(=O)(=O)N2CCCC2)cc1C(=O)NCc1cccc2ccccc12. The quantitative estimate of drug-likeness (QED) is 0.697. The van der Waals surface area contributed by atoms with Crippen LogP contribution in [0.5, 0.6) is 0 Å². The topological polar surface area (TPSA) is 66.5 Å². The minimum Gasteiger partial charge on any atom is -0.348 e. The Morgan fingerprint density at radius 2 is 1.72 bits per heavy atom. The van der Waals surface area contributed by atoms with Crippen LogP contribution < -0.4 is 5.32 Å². The number of rotatable bonds is 5. The maximum atomic E-state index is 12.9. The third-order valence-electron chi connectivity index (χ3n) is 5.48. The minimum atomic E-state index is -3.55. The highest BCUT2D eigenvalue weighted by molar-refractivity contribution is 7.89. The highest BCUT2D eigenvalue weighted by Gasteiger charge is 2.28. The lowest BCUT2D eigenvalue weighted by Crippen LogP contribution is -2.29. The van der Waals surface area contributed by atoms with Crippen LogP contribution in [0.2, 0.25) is 0 Å². The summed E-state index contributed by atoms with van der Waals surface area (Å²) in [6, 6.07) is 18.8. The third-order valence-corrected chi connectivity index (χ3v) is 7.37. The van der Waals surface area contributed by atoms with Crippen LogP contribution in [0.1, 0.15) is 34.3 Å². The van der Waals surface area contributed by atoms with Crippen molar-refractivity contribution < 1.29 is 13.2 Å². The Morgan fingerprint density at radius 1 is 1.00 bits per heavy atom. The molecule has 6 heteroatoms. The maximum Gasteiger partial charge on any atom is 0.251 e. The van der Waals surface area contributed by atoms with Gasteiger partial charge in [-0.25, -0.2) is 8.42 Å². The van der Waals surface area contributed by atoms with E-state index in [0.29, 0.717) is 25.2 Å². The number of benzene rings is 3. The number of hydrogen-bond donors (Lipinski definition) is 1. The summed E-state index contributed by atoms with van der Waals surface area (Å²) < 4.78 is 27.2. The Hall–Kier alpha value is -2.70. The molecule has 0 bridgehead atoms. The second-order valence-corrected chi connectivity index (χ2v) is 9.35. The maximum absolute atomic E-state index is 12.9. The Bertz CT molecular complexity index is 1160. The summed E-state index contributed by atoms with van der Waals surface area (Å²) in [5.74, 6) is -0.270. The van der Waals surface area contributed by atoms with Gasteiger partial charge < -0.3 is 5.32 Å². The third kappa shape index (κ3) is 3.91. The van der Waals surface area contributed by atoms with Gasteiger partial charge in [-0.2, -0.15) is 4.31 Å². The molecule has 3 aromatic rings. The number of nitrogens with one attached hydrogen (secondary N) is 1. The zero-order valence-corrected chi connectivity index (χ0v) is 17.2. The molecular weight excluding hydrogens is 384 g/mol. The van der Waals surface area contributed by atoms with Gasteiger partial charge in [0.2, 0.25) is 10.0 Å². The average Bonchev–Trinajstić information content (AvgIpc) is 3.28. The first-order valence-corrected chi connectivity index (χ1v) is 11.3. The smallest absolute Gasteiger partial charge is 0.251 e. The Kier molecular flexibility index (Phi) is 5.39. The first-order valence-electron chi connectivity index (χ1n) is 9.82. The second-order valence-electron chi connectivity index (χ2n) is 7.41. The van der Waals surface area contributed by atoms with Crippen LogP contribution in [0.15, 0.2) is 65.6 Å². The zero-order chi connectivity index (χ0) is 20.4. The lowest BCUT2D eigenvalue weighted by Gasteiger charge is -2.17. The van der Waals surface area contributed by atoms with Crippen molar-refractivity contribution >= 4 is 26.7 Å². The van der Waals surface area contributed by atoms with Crippen molar-refractivity contribution in [3.63, 3.8) is 0 Å². The molecule has 3 aromatic carbocycles. The molecule has 0 radical (unpaired) electrons. The summed E-state index contributed by atoms with van der Waals surface area (Å²) >= 11 is 0. The molecule has 5 nitrogen and oxygen atoms in total. The van der Waals surface area contributed by atoms with E-state index < -0.39 is 10.0 Å². The molecule has 0 aliphatic carbocycles. The molecule has 29 heavy (non-hydrogen) atoms. The number of carbonyl (C=O) groups is 1. The number of aryl methyl sites for hydroxylation is 1. The molecule has 0 saturated carbocycles. The molecule has 1 fully saturated rings. The van der Waals surface area contributed by atoms with Gasteiger partial charge in [0.1, 0.15) is 0 Å². The summed E-state index contributed by atoms with van der Waals surface area (Å²) in [4.78, 5) is 13.0. The van der Waals surface area contributed by atoms with Crippen LogP contribution in [0.4, 0.5) is 0 Å². The van der Waals surface area contributed by atoms with E-state index in [0.717, 1.165) is 34.7 Å². The monoisotopic (exact) mass is 408 g/mol. The van der Waals surface area contributed by atoms with Crippen LogP contribution >= 0.6 is 0 Å². The summed E-state index contributed by atoms with van der Waals surface area (Å²) in [6.07, 6.45) is 1.76. The first kappa shape index (κ1) is 19.6. The normalized spacial score (nSPS) is 14.9. The van der Waals surface area contributed by atoms with Gasteiger partial charge in [0.05, 0.1) is 4.90 Å². The molecule has 150 valence electrons. The lowest BCUT2D eigenvalue weighted by atomic mass is 10.0. The van der Waals surface area contributed by atoms with Gasteiger partial charge in [0.25, 0.3) is 5.91 Å². The number of sulfonamides is 1. The van der Waals surface area contributed by atoms with Gasteiger partial charge in [0, 0.05) is 25.2 Å². The van der Waals surface area contributed by atoms with Crippen molar-refractivity contribution in [1.29, 1.82) is 0 Å². The van der Waals surface area contributed by atoms with Crippen molar-refractivity contribution in [3.8, 4) is 0 Å². The molecule has 0 aromatic heterocycles. The van der Waals surface area contributed by atoms with E-state index in [2.05, 4.69) is 5.32 Å². The highest BCUT2D eigenvalue weighted by atomic mass is 32.2. The van der Waals surface area contributed by atoms with Crippen molar-refractivity contribution in [3.05, 3.63) is 77.4 Å². The standard InChI is InChI=1S/C23H24N2O3S/c1-17-11-12-20(29(27,28)25-13-4-5-14-25)15-22(17)23(26)24-16-19-9-6-8-18-7-2-3-10-21(18)19/h2-3,6-12,15H,4-5,13-14,16H2,1H3,(H,24,26). The number of amides is 1. The van der Waals surface area contributed by atoms with Gasteiger partial charge in [-0.1, -0.05) is 48.5 Å². The predicted molar refractivity (Wildman–Crippen MR) is 114 cm³/mol. The number of carbonyl (C=O) groups excluding carboxylic acids is 1. The summed E-state index contributed by atoms with van der Waals surface area (Å²) in [7, 11) is -3.55. The number of fused-ring (bicyclic) bond motifs is 1. The fraction of sp³-hybridized carbons (Fsp3) is 0.261. The molecule has 1 N–H and O–H groups in total. The first-order chi connectivity index (χ1) is 14.0. The summed E-state index contributed by atoms with van der Waals surface area (Å²) in [6.45, 7) is 3.28. The zero-order valence-electron chi connectivity index (χ0n) is 16.4. The van der Waals surface area contributed by atoms with Crippen LogP contribution in [0.25, 0.3) is 10.8 Å².